The summed E-state index contributed by atoms with van der Waals surface area (Å²) in [5, 5.41) is 0. The van der Waals surface area contributed by atoms with Crippen molar-refractivity contribution in [2.75, 3.05) is 13.1 Å². The summed E-state index contributed by atoms with van der Waals surface area (Å²) in [6.07, 6.45) is 0.117. The lowest BCUT2D eigenvalue weighted by Crippen LogP contribution is -2.50. The topological polar surface area (TPSA) is 38.8 Å². The molecule has 0 spiro atoms. The fraction of sp³-hybridized carbons (Fsp3) is 0.350. The van der Waals surface area contributed by atoms with Gasteiger partial charge in [-0.25, -0.2) is 0 Å². The van der Waals surface area contributed by atoms with E-state index in [0.717, 1.165) is 22.6 Å². The van der Waals surface area contributed by atoms with Crippen LogP contribution in [0.3, 0.4) is 0 Å². The molecule has 0 aromatic heterocycles. The summed E-state index contributed by atoms with van der Waals surface area (Å²) >= 11 is 0. The third kappa shape index (κ3) is 2.57. The van der Waals surface area contributed by atoms with Crippen molar-refractivity contribution in [2.24, 2.45) is 0 Å². The molecule has 0 N–H and O–H groups in total. The normalized spacial score (nSPS) is 23.2. The lowest BCUT2D eigenvalue weighted by molar-refractivity contribution is -0.144. The number of hydrogen-bond acceptors (Lipinski definition) is 3. The zero-order valence-electron chi connectivity index (χ0n) is 13.9. The molecule has 1 fully saturated rings. The van der Waals surface area contributed by atoms with E-state index in [1.807, 2.05) is 67.3 Å². The Morgan fingerprint density at radius 1 is 0.917 bits per heavy atom. The van der Waals surface area contributed by atoms with E-state index in [9.17, 15) is 4.79 Å². The number of amides is 1. The van der Waals surface area contributed by atoms with E-state index in [1.54, 1.807) is 0 Å². The Balaban J connectivity index is 1.75. The second kappa shape index (κ2) is 5.95. The quantitative estimate of drug-likeness (QED) is 0.805. The van der Waals surface area contributed by atoms with Crippen molar-refractivity contribution in [3.63, 3.8) is 0 Å². The maximum Gasteiger partial charge on any atom is 0.235 e. The molecule has 2 aromatic carbocycles. The fourth-order valence-corrected chi connectivity index (χ4v) is 3.72. The summed E-state index contributed by atoms with van der Waals surface area (Å²) in [6.45, 7) is 5.29. The number of ether oxygens (including phenoxy) is 2. The first-order valence-corrected chi connectivity index (χ1v) is 8.43. The molecular formula is C20H21NO3. The molecule has 2 atom stereocenters. The molecule has 2 heterocycles. The summed E-state index contributed by atoms with van der Waals surface area (Å²) in [5.74, 6) is 1.34. The highest BCUT2D eigenvalue weighted by Gasteiger charge is 2.37. The highest BCUT2D eigenvalue weighted by atomic mass is 16.5. The van der Waals surface area contributed by atoms with Gasteiger partial charge in [0.25, 0.3) is 0 Å². The number of morpholine rings is 1. The number of hydrogen-bond donors (Lipinski definition) is 0. The van der Waals surface area contributed by atoms with Gasteiger partial charge < -0.3 is 14.4 Å². The van der Waals surface area contributed by atoms with E-state index in [0.29, 0.717) is 13.1 Å². The van der Waals surface area contributed by atoms with Crippen LogP contribution in [0.15, 0.2) is 48.5 Å². The Morgan fingerprint density at radius 3 is 1.96 bits per heavy atom. The third-order valence-corrected chi connectivity index (χ3v) is 4.66. The minimum atomic E-state index is -0.316. The van der Waals surface area contributed by atoms with Crippen LogP contribution in [0.5, 0.6) is 11.5 Å². The molecular weight excluding hydrogens is 302 g/mol. The summed E-state index contributed by atoms with van der Waals surface area (Å²) in [7, 11) is 0. The maximum absolute atomic E-state index is 13.4. The van der Waals surface area contributed by atoms with Crippen LogP contribution < -0.4 is 4.74 Å². The Labute approximate surface area is 142 Å². The van der Waals surface area contributed by atoms with Gasteiger partial charge in [0.15, 0.2) is 0 Å². The lowest BCUT2D eigenvalue weighted by Gasteiger charge is -2.38. The first-order chi connectivity index (χ1) is 11.6. The number of carbonyl (C=O) groups is 1. The molecule has 0 bridgehead atoms. The van der Waals surface area contributed by atoms with Crippen molar-refractivity contribution < 1.29 is 14.3 Å². The van der Waals surface area contributed by atoms with E-state index in [2.05, 4.69) is 0 Å². The first-order valence-electron chi connectivity index (χ1n) is 8.43. The van der Waals surface area contributed by atoms with Crippen molar-refractivity contribution in [2.45, 2.75) is 32.0 Å². The molecule has 0 radical (unpaired) electrons. The molecule has 4 nitrogen and oxygen atoms in total. The standard InChI is InChI=1S/C20H21NO3/c1-13-11-21(12-14(2)23-13)20(22)19-15-7-3-5-9-17(15)24-18-10-6-4-8-16(18)19/h3-10,13-14,19H,11-12H2,1-2H3/t13-,14-/m0/s1. The molecule has 1 amide bonds. The van der Waals surface area contributed by atoms with Crippen LogP contribution in [-0.4, -0.2) is 36.1 Å². The number of para-hydroxylation sites is 2. The molecule has 0 saturated carbocycles. The maximum atomic E-state index is 13.4. The summed E-state index contributed by atoms with van der Waals surface area (Å²) < 4.78 is 11.8. The van der Waals surface area contributed by atoms with Crippen LogP contribution in [0.4, 0.5) is 0 Å². The zero-order valence-corrected chi connectivity index (χ0v) is 13.9. The minimum absolute atomic E-state index is 0.0584. The van der Waals surface area contributed by atoms with Crippen molar-refractivity contribution in [1.82, 2.24) is 4.90 Å². The van der Waals surface area contributed by atoms with Crippen LogP contribution in [-0.2, 0) is 9.53 Å². The van der Waals surface area contributed by atoms with E-state index in [1.165, 1.54) is 0 Å². The van der Waals surface area contributed by atoms with Crippen LogP contribution in [0.1, 0.15) is 30.9 Å². The fourth-order valence-electron chi connectivity index (χ4n) is 3.72. The van der Waals surface area contributed by atoms with Gasteiger partial charge in [-0.3, -0.25) is 4.79 Å². The van der Waals surface area contributed by atoms with Gasteiger partial charge in [0.1, 0.15) is 11.5 Å². The molecule has 2 aliphatic rings. The van der Waals surface area contributed by atoms with Crippen molar-refractivity contribution in [1.29, 1.82) is 0 Å². The average Bonchev–Trinajstić information content (AvgIpc) is 2.58. The van der Waals surface area contributed by atoms with E-state index < -0.39 is 0 Å². The predicted octanol–water partition coefficient (Wildman–Crippen LogP) is 3.56. The predicted molar refractivity (Wildman–Crippen MR) is 91.4 cm³/mol. The monoisotopic (exact) mass is 323 g/mol. The number of carbonyl (C=O) groups excluding carboxylic acids is 1. The molecule has 24 heavy (non-hydrogen) atoms. The van der Waals surface area contributed by atoms with E-state index >= 15 is 0 Å². The van der Waals surface area contributed by atoms with Gasteiger partial charge in [-0.2, -0.15) is 0 Å². The highest BCUT2D eigenvalue weighted by molar-refractivity contribution is 5.89. The van der Waals surface area contributed by atoms with Gasteiger partial charge in [0.05, 0.1) is 18.1 Å². The van der Waals surface area contributed by atoms with Gasteiger partial charge in [0.2, 0.25) is 5.91 Å². The summed E-state index contributed by atoms with van der Waals surface area (Å²) in [6, 6.07) is 15.6. The Kier molecular flexibility index (Phi) is 3.77. The number of nitrogens with zero attached hydrogens (tertiary/aromatic N) is 1. The average molecular weight is 323 g/mol. The van der Waals surface area contributed by atoms with Gasteiger partial charge in [-0.1, -0.05) is 36.4 Å². The van der Waals surface area contributed by atoms with Crippen LogP contribution in [0.2, 0.25) is 0 Å². The van der Waals surface area contributed by atoms with Crippen molar-refractivity contribution in [3.8, 4) is 11.5 Å². The first kappa shape index (κ1) is 15.2. The second-order valence-corrected chi connectivity index (χ2v) is 6.61. The lowest BCUT2D eigenvalue weighted by atomic mass is 9.86. The third-order valence-electron chi connectivity index (χ3n) is 4.66. The molecule has 0 aliphatic carbocycles. The summed E-state index contributed by atoms with van der Waals surface area (Å²) in [4.78, 5) is 15.3. The highest BCUT2D eigenvalue weighted by Crippen LogP contribution is 2.44. The van der Waals surface area contributed by atoms with Gasteiger partial charge in [0, 0.05) is 24.2 Å². The molecule has 124 valence electrons. The smallest absolute Gasteiger partial charge is 0.235 e. The number of benzene rings is 2. The summed E-state index contributed by atoms with van der Waals surface area (Å²) in [5.41, 5.74) is 1.88. The van der Waals surface area contributed by atoms with E-state index in [-0.39, 0.29) is 24.0 Å². The molecule has 1 saturated heterocycles. The van der Waals surface area contributed by atoms with Crippen molar-refractivity contribution >= 4 is 5.91 Å². The van der Waals surface area contributed by atoms with Gasteiger partial charge in [-0.05, 0) is 26.0 Å². The number of rotatable bonds is 1. The zero-order chi connectivity index (χ0) is 16.7. The minimum Gasteiger partial charge on any atom is -0.457 e. The Morgan fingerprint density at radius 2 is 1.42 bits per heavy atom. The SMILES string of the molecule is C[C@H]1CN(C(=O)C2c3ccccc3Oc3ccccc32)C[C@H](C)O1. The van der Waals surface area contributed by atoms with Crippen molar-refractivity contribution in [3.05, 3.63) is 59.7 Å². The molecule has 2 aliphatic heterocycles. The number of fused-ring (bicyclic) bond motifs is 2. The Hall–Kier alpha value is -2.33. The molecule has 4 rings (SSSR count). The van der Waals surface area contributed by atoms with E-state index in [4.69, 9.17) is 9.47 Å². The van der Waals surface area contributed by atoms with Crippen LogP contribution >= 0.6 is 0 Å². The van der Waals surface area contributed by atoms with Gasteiger partial charge >= 0.3 is 0 Å². The molecule has 2 aromatic rings. The Bertz CT molecular complexity index is 717. The van der Waals surface area contributed by atoms with Crippen LogP contribution in [0.25, 0.3) is 0 Å². The second-order valence-electron chi connectivity index (χ2n) is 6.61. The van der Waals surface area contributed by atoms with Crippen LogP contribution in [0, 0.1) is 0 Å². The van der Waals surface area contributed by atoms with Gasteiger partial charge in [-0.15, -0.1) is 0 Å². The largest absolute Gasteiger partial charge is 0.457 e. The molecule has 4 heteroatoms. The molecule has 0 unspecified atom stereocenters.